The zero-order chi connectivity index (χ0) is 19.2. The van der Waals surface area contributed by atoms with Gasteiger partial charge in [-0.25, -0.2) is 12.7 Å². The van der Waals surface area contributed by atoms with E-state index >= 15 is 0 Å². The topological polar surface area (TPSA) is 95.9 Å². The van der Waals surface area contributed by atoms with E-state index in [9.17, 15) is 13.2 Å². The van der Waals surface area contributed by atoms with Crippen LogP contribution in [0.25, 0.3) is 0 Å². The lowest BCUT2D eigenvalue weighted by molar-refractivity contribution is 0.0296. The largest absolute Gasteiger partial charge is 0.394 e. The molecular weight excluding hydrogens is 376 g/mol. The molecule has 1 amide bonds. The Morgan fingerprint density at radius 3 is 2.50 bits per heavy atom. The van der Waals surface area contributed by atoms with Gasteiger partial charge in [0.25, 0.3) is 5.91 Å². The molecule has 142 valence electrons. The van der Waals surface area contributed by atoms with E-state index in [2.05, 4.69) is 5.32 Å². The summed E-state index contributed by atoms with van der Waals surface area (Å²) in [6, 6.07) is 9.55. The van der Waals surface area contributed by atoms with Crippen LogP contribution in [0.15, 0.2) is 46.7 Å². The molecule has 0 saturated heterocycles. The highest BCUT2D eigenvalue weighted by atomic mass is 32.2. The maximum Gasteiger partial charge on any atom is 0.251 e. The molecule has 0 spiro atoms. The summed E-state index contributed by atoms with van der Waals surface area (Å²) in [4.78, 5) is 13.4. The zero-order valence-electron chi connectivity index (χ0n) is 14.6. The third kappa shape index (κ3) is 5.12. The van der Waals surface area contributed by atoms with Gasteiger partial charge in [-0.15, -0.1) is 11.3 Å². The Kier molecular flexibility index (Phi) is 7.30. The second-order valence-electron chi connectivity index (χ2n) is 5.62. The first-order valence-electron chi connectivity index (χ1n) is 7.93. The molecule has 1 heterocycles. The molecule has 1 aromatic carbocycles. The van der Waals surface area contributed by atoms with E-state index in [0.717, 1.165) is 9.18 Å². The van der Waals surface area contributed by atoms with Crippen molar-refractivity contribution in [3.05, 3.63) is 52.2 Å². The number of rotatable bonds is 9. The molecule has 0 aliphatic carbocycles. The number of ether oxygens (including phenoxy) is 1. The fraction of sp³-hybridized carbons (Fsp3) is 0.353. The third-order valence-electron chi connectivity index (χ3n) is 3.61. The highest BCUT2D eigenvalue weighted by molar-refractivity contribution is 7.89. The van der Waals surface area contributed by atoms with Gasteiger partial charge in [-0.3, -0.25) is 4.79 Å². The third-order valence-corrected chi connectivity index (χ3v) is 6.41. The maximum atomic E-state index is 12.3. The number of nitrogens with zero attached hydrogens (tertiary/aromatic N) is 1. The fourth-order valence-corrected chi connectivity index (χ4v) is 3.86. The second-order valence-corrected chi connectivity index (χ2v) is 8.75. The summed E-state index contributed by atoms with van der Waals surface area (Å²) in [5.41, 5.74) is 0.356. The molecule has 1 atom stereocenters. The van der Waals surface area contributed by atoms with Gasteiger partial charge in [0.05, 0.1) is 18.1 Å². The number of aliphatic hydroxyl groups excluding tert-OH is 1. The Morgan fingerprint density at radius 2 is 1.96 bits per heavy atom. The Labute approximate surface area is 157 Å². The van der Waals surface area contributed by atoms with Crippen molar-refractivity contribution in [2.45, 2.75) is 11.0 Å². The van der Waals surface area contributed by atoms with Gasteiger partial charge in [-0.1, -0.05) is 6.07 Å². The minimum Gasteiger partial charge on any atom is -0.394 e. The molecule has 7 nitrogen and oxygen atoms in total. The molecule has 0 radical (unpaired) electrons. The quantitative estimate of drug-likeness (QED) is 0.667. The first-order valence-corrected chi connectivity index (χ1v) is 10.2. The number of sulfonamides is 1. The van der Waals surface area contributed by atoms with Crippen molar-refractivity contribution in [2.24, 2.45) is 0 Å². The molecule has 1 aromatic heterocycles. The van der Waals surface area contributed by atoms with Crippen LogP contribution in [-0.2, 0) is 14.8 Å². The summed E-state index contributed by atoms with van der Waals surface area (Å²) < 4.78 is 30.8. The molecule has 2 N–H and O–H groups in total. The number of hydrogen-bond donors (Lipinski definition) is 2. The molecule has 9 heteroatoms. The summed E-state index contributed by atoms with van der Waals surface area (Å²) >= 11 is 1.51. The van der Waals surface area contributed by atoms with E-state index in [1.165, 1.54) is 49.7 Å². The number of carbonyl (C=O) groups is 1. The van der Waals surface area contributed by atoms with E-state index < -0.39 is 10.0 Å². The standard InChI is InChI=1S/C17H22N2O5S2/c1-19(2)26(22,23)14-7-5-13(6-8-14)17(21)18-12-15(24-10-9-20)16-4-3-11-25-16/h3-8,11,15,20H,9-10,12H2,1-2H3,(H,18,21). The van der Waals surface area contributed by atoms with Crippen LogP contribution in [0.3, 0.4) is 0 Å². The van der Waals surface area contributed by atoms with Gasteiger partial charge in [-0.2, -0.15) is 0 Å². The predicted octanol–water partition coefficient (Wildman–Crippen LogP) is 1.48. The molecule has 2 rings (SSSR count). The van der Waals surface area contributed by atoms with Crippen molar-refractivity contribution in [1.82, 2.24) is 9.62 Å². The SMILES string of the molecule is CN(C)S(=O)(=O)c1ccc(C(=O)NCC(OCCO)c2cccs2)cc1. The van der Waals surface area contributed by atoms with Gasteiger partial charge in [-0.05, 0) is 35.7 Å². The smallest absolute Gasteiger partial charge is 0.251 e. The van der Waals surface area contributed by atoms with Crippen LogP contribution >= 0.6 is 11.3 Å². The van der Waals surface area contributed by atoms with Crippen LogP contribution in [0.4, 0.5) is 0 Å². The van der Waals surface area contributed by atoms with Gasteiger partial charge in [0, 0.05) is 31.1 Å². The Bertz CT molecular complexity index is 802. The first kappa shape index (κ1) is 20.5. The minimum atomic E-state index is -3.53. The van der Waals surface area contributed by atoms with Crippen LogP contribution in [-0.4, -0.2) is 57.6 Å². The molecule has 1 unspecified atom stereocenters. The van der Waals surface area contributed by atoms with Crippen molar-refractivity contribution in [2.75, 3.05) is 33.9 Å². The van der Waals surface area contributed by atoms with Gasteiger partial charge in [0.2, 0.25) is 10.0 Å². The number of amides is 1. The number of aliphatic hydroxyl groups is 1. The van der Waals surface area contributed by atoms with Crippen molar-refractivity contribution in [3.63, 3.8) is 0 Å². The summed E-state index contributed by atoms with van der Waals surface area (Å²) in [5, 5.41) is 13.6. The Hall–Kier alpha value is -1.78. The molecular formula is C17H22N2O5S2. The van der Waals surface area contributed by atoms with E-state index in [1.54, 1.807) is 0 Å². The van der Waals surface area contributed by atoms with E-state index in [4.69, 9.17) is 9.84 Å². The minimum absolute atomic E-state index is 0.0996. The number of benzene rings is 1. The van der Waals surface area contributed by atoms with E-state index in [-0.39, 0.29) is 36.7 Å². The number of thiophene rings is 1. The number of nitrogens with one attached hydrogen (secondary N) is 1. The number of hydrogen-bond acceptors (Lipinski definition) is 6. The predicted molar refractivity (Wildman–Crippen MR) is 99.7 cm³/mol. The fourth-order valence-electron chi connectivity index (χ4n) is 2.19. The second kappa shape index (κ2) is 9.24. The number of carbonyl (C=O) groups excluding carboxylic acids is 1. The van der Waals surface area contributed by atoms with Crippen molar-refractivity contribution < 1.29 is 23.1 Å². The monoisotopic (exact) mass is 398 g/mol. The molecule has 0 bridgehead atoms. The maximum absolute atomic E-state index is 12.3. The van der Waals surface area contributed by atoms with Crippen LogP contribution < -0.4 is 5.32 Å². The normalized spacial score (nSPS) is 12.9. The van der Waals surface area contributed by atoms with Crippen LogP contribution in [0.2, 0.25) is 0 Å². The van der Waals surface area contributed by atoms with Crippen LogP contribution in [0, 0.1) is 0 Å². The van der Waals surface area contributed by atoms with Crippen molar-refractivity contribution in [3.8, 4) is 0 Å². The highest BCUT2D eigenvalue weighted by Gasteiger charge is 2.18. The lowest BCUT2D eigenvalue weighted by atomic mass is 10.2. The molecule has 0 aliphatic rings. The molecule has 2 aromatic rings. The lowest BCUT2D eigenvalue weighted by Crippen LogP contribution is -2.29. The zero-order valence-corrected chi connectivity index (χ0v) is 16.2. The lowest BCUT2D eigenvalue weighted by Gasteiger charge is -2.17. The van der Waals surface area contributed by atoms with Gasteiger partial charge < -0.3 is 15.2 Å². The van der Waals surface area contributed by atoms with Crippen molar-refractivity contribution in [1.29, 1.82) is 0 Å². The summed E-state index contributed by atoms with van der Waals surface area (Å²) in [7, 11) is -0.623. The molecule has 0 aliphatic heterocycles. The Balaban J connectivity index is 2.02. The summed E-state index contributed by atoms with van der Waals surface area (Å²) in [6.45, 7) is 0.324. The summed E-state index contributed by atoms with van der Waals surface area (Å²) in [5.74, 6) is -0.326. The molecule has 0 saturated carbocycles. The Morgan fingerprint density at radius 1 is 1.27 bits per heavy atom. The van der Waals surface area contributed by atoms with Gasteiger partial charge >= 0.3 is 0 Å². The van der Waals surface area contributed by atoms with Crippen LogP contribution in [0.1, 0.15) is 21.3 Å². The molecule has 26 heavy (non-hydrogen) atoms. The average Bonchev–Trinajstić information content (AvgIpc) is 3.16. The highest BCUT2D eigenvalue weighted by Crippen LogP contribution is 2.22. The van der Waals surface area contributed by atoms with Crippen LogP contribution in [0.5, 0.6) is 0 Å². The van der Waals surface area contributed by atoms with E-state index in [1.807, 2.05) is 17.5 Å². The van der Waals surface area contributed by atoms with Crippen molar-refractivity contribution >= 4 is 27.3 Å². The average molecular weight is 399 g/mol. The summed E-state index contributed by atoms with van der Waals surface area (Å²) in [6.07, 6.45) is -0.348. The van der Waals surface area contributed by atoms with E-state index in [0.29, 0.717) is 5.56 Å². The van der Waals surface area contributed by atoms with Gasteiger partial charge in [0.15, 0.2) is 0 Å². The van der Waals surface area contributed by atoms with Gasteiger partial charge in [0.1, 0.15) is 6.10 Å². The molecule has 0 fully saturated rings. The first-order chi connectivity index (χ1) is 12.4.